The van der Waals surface area contributed by atoms with Gasteiger partial charge in [-0.25, -0.2) is 0 Å². The van der Waals surface area contributed by atoms with Gasteiger partial charge in [0.2, 0.25) is 11.8 Å². The van der Waals surface area contributed by atoms with E-state index in [1.807, 2.05) is 0 Å². The van der Waals surface area contributed by atoms with Crippen LogP contribution in [-0.2, 0) is 99.6 Å². The Hall–Kier alpha value is -3.02. The summed E-state index contributed by atoms with van der Waals surface area (Å²) in [6.45, 7) is -9.05. The van der Waals surface area contributed by atoms with Crippen molar-refractivity contribution in [1.82, 2.24) is 10.6 Å². The average Bonchev–Trinajstić information content (AvgIpc) is 0.770. The first kappa shape index (κ1) is 96.2. The Morgan fingerprint density at radius 3 is 0.889 bits per heavy atom. The Morgan fingerprint density at radius 2 is 0.470 bits per heavy atom. The van der Waals surface area contributed by atoms with Gasteiger partial charge in [-0.05, 0) is 0 Å². The van der Waals surface area contributed by atoms with E-state index in [-0.39, 0.29) is 0 Å². The third-order valence-corrected chi connectivity index (χ3v) is 21.6. The van der Waals surface area contributed by atoms with Gasteiger partial charge in [-0.3, -0.25) is 9.59 Å². The number of aliphatic hydroxyl groups is 30. The van der Waals surface area contributed by atoms with Crippen LogP contribution in [0.25, 0.3) is 0 Å². The molecule has 0 aromatic heterocycles. The van der Waals surface area contributed by atoms with Crippen molar-refractivity contribution in [3.63, 3.8) is 0 Å². The van der Waals surface area contributed by atoms with Gasteiger partial charge >= 0.3 is 0 Å². The Morgan fingerprint density at radius 1 is 0.222 bits per heavy atom. The van der Waals surface area contributed by atoms with Gasteiger partial charge in [0.1, 0.15) is 244 Å². The molecular formula is C64H108N2O51. The topological polar surface area (TPSA) is 840 Å². The van der Waals surface area contributed by atoms with Crippen LogP contribution in [0, 0.1) is 0 Å². The summed E-state index contributed by atoms with van der Waals surface area (Å²) in [5, 5.41) is 336. The lowest BCUT2D eigenvalue weighted by molar-refractivity contribution is -0.401. The second-order valence-electron chi connectivity index (χ2n) is 29.6. The molecule has 10 aliphatic heterocycles. The van der Waals surface area contributed by atoms with Crippen molar-refractivity contribution < 1.29 is 253 Å². The minimum atomic E-state index is -2.65. The van der Waals surface area contributed by atoms with E-state index in [0.717, 1.165) is 13.8 Å². The zero-order chi connectivity index (χ0) is 85.9. The number of amides is 2. The molecule has 0 saturated carbocycles. The van der Waals surface area contributed by atoms with Crippen LogP contribution in [0.15, 0.2) is 0 Å². The summed E-state index contributed by atoms with van der Waals surface area (Å²) in [4.78, 5) is 25.2. The normalized spacial score (nSPS) is 51.5. The van der Waals surface area contributed by atoms with Crippen molar-refractivity contribution in [3.8, 4) is 0 Å². The van der Waals surface area contributed by atoms with Gasteiger partial charge in [0.05, 0.1) is 66.1 Å². The standard InChI is InChI=1S/C64H108N2O51/c1-13(74)65-25-35(84)49(20(8-72)102-55(25)98)112-56-26(66-14(2)75)36(85)50(21(9-73)108-56)113-62-48(97)52(115-64-54(117-61-46(95)40(89)30(79)18(6-70)106-61)42(91)32(81)22(111-64)10-99-57-43(92)37(86)27(76)15(3-67)103-57)34(83)24(110-62)11-100-58-47(96)51(114-59-44(93)38(87)28(77)16(4-68)104-59)33(82)23(109-58)12-101-63-53(41(90)31(80)19(7-71)107-63)116-60-45(94)39(88)29(78)17(5-69)105-60/h15-64,67-73,76-98H,3-12H2,1-2H3,(H,65,74)(H,66,75)/t15-,16-,17-,18-,19-,20-,21-,22-,23-,24-,25-,26-,27-,28-,29-,30-,31-,32-,33-,34-,35-,36-,37+,38+,39+,40+,41+,42+,43+,44+,45+,46+,47+,48+,49-,50-,51+,52+,53+,54+,55?,56+,57+,58+,59-,60-,61-,62+,63+,64-/m1/s1. The van der Waals surface area contributed by atoms with Crippen LogP contribution >= 0.6 is 0 Å². The first-order valence-electron chi connectivity index (χ1n) is 37.2. The maximum atomic E-state index is 13.0. The highest BCUT2D eigenvalue weighted by Gasteiger charge is 2.61. The van der Waals surface area contributed by atoms with Crippen LogP contribution in [-0.4, -0.2) is 538 Å². The number of hydrogen-bond donors (Lipinski definition) is 32. The van der Waals surface area contributed by atoms with Gasteiger partial charge in [0.25, 0.3) is 0 Å². The fraction of sp³-hybridized carbons (Fsp3) is 0.969. The smallest absolute Gasteiger partial charge is 0.217 e. The number of carbonyl (C=O) groups is 2. The molecule has 680 valence electrons. The van der Waals surface area contributed by atoms with E-state index in [2.05, 4.69) is 10.6 Å². The lowest BCUT2D eigenvalue weighted by atomic mass is 9.94. The van der Waals surface area contributed by atoms with Crippen LogP contribution in [0.5, 0.6) is 0 Å². The summed E-state index contributed by atoms with van der Waals surface area (Å²) in [7, 11) is 0. The zero-order valence-electron chi connectivity index (χ0n) is 61.9. The number of rotatable bonds is 30. The van der Waals surface area contributed by atoms with Crippen molar-refractivity contribution in [2.45, 2.75) is 321 Å². The molecule has 10 heterocycles. The van der Waals surface area contributed by atoms with Crippen LogP contribution in [0.1, 0.15) is 13.8 Å². The summed E-state index contributed by atoms with van der Waals surface area (Å²) in [6, 6.07) is -3.65. The minimum Gasteiger partial charge on any atom is -0.394 e. The van der Waals surface area contributed by atoms with Crippen LogP contribution in [0.2, 0.25) is 0 Å². The minimum absolute atomic E-state index is 0.807. The van der Waals surface area contributed by atoms with Crippen molar-refractivity contribution in [3.05, 3.63) is 0 Å². The molecule has 0 aromatic rings. The van der Waals surface area contributed by atoms with Gasteiger partial charge < -0.3 is 254 Å². The number of carbonyl (C=O) groups excluding carboxylic acids is 2. The number of aliphatic hydroxyl groups excluding tert-OH is 30. The van der Waals surface area contributed by atoms with Crippen LogP contribution < -0.4 is 10.6 Å². The van der Waals surface area contributed by atoms with Crippen molar-refractivity contribution in [2.24, 2.45) is 0 Å². The molecule has 10 fully saturated rings. The molecule has 10 aliphatic rings. The van der Waals surface area contributed by atoms with E-state index >= 15 is 0 Å². The van der Waals surface area contributed by atoms with E-state index in [1.54, 1.807) is 0 Å². The second-order valence-corrected chi connectivity index (χ2v) is 29.6. The number of hydrogen-bond acceptors (Lipinski definition) is 51. The molecule has 0 spiro atoms. The first-order valence-corrected chi connectivity index (χ1v) is 37.2. The van der Waals surface area contributed by atoms with E-state index in [9.17, 15) is 163 Å². The zero-order valence-corrected chi connectivity index (χ0v) is 61.9. The van der Waals surface area contributed by atoms with Crippen molar-refractivity contribution in [1.29, 1.82) is 0 Å². The summed E-state index contributed by atoms with van der Waals surface area (Å²) < 4.78 is 111. The highest BCUT2D eigenvalue weighted by molar-refractivity contribution is 5.73. The first-order chi connectivity index (χ1) is 55.4. The van der Waals surface area contributed by atoms with E-state index < -0.39 is 385 Å². The molecule has 10 saturated heterocycles. The maximum Gasteiger partial charge on any atom is 0.217 e. The summed E-state index contributed by atoms with van der Waals surface area (Å²) in [6.07, 6.45) is -103. The largest absolute Gasteiger partial charge is 0.394 e. The Bertz CT molecular complexity index is 3040. The lowest BCUT2D eigenvalue weighted by Gasteiger charge is -2.51. The number of ether oxygens (including phenoxy) is 19. The molecule has 0 bridgehead atoms. The Labute approximate surface area is 660 Å². The molecule has 0 radical (unpaired) electrons. The second kappa shape index (κ2) is 41.9. The molecule has 2 amide bonds. The predicted molar refractivity (Wildman–Crippen MR) is 353 cm³/mol. The van der Waals surface area contributed by atoms with E-state index in [0.29, 0.717) is 0 Å². The molecule has 53 heteroatoms. The molecule has 50 atom stereocenters. The van der Waals surface area contributed by atoms with E-state index in [4.69, 9.17) is 90.0 Å². The molecule has 0 aliphatic carbocycles. The quantitative estimate of drug-likeness (QED) is 0.0318. The number of nitrogens with one attached hydrogen (secondary N) is 2. The molecule has 117 heavy (non-hydrogen) atoms. The summed E-state index contributed by atoms with van der Waals surface area (Å²) >= 11 is 0. The Balaban J connectivity index is 1.00. The monoisotopic (exact) mass is 1720 g/mol. The third kappa shape index (κ3) is 20.9. The van der Waals surface area contributed by atoms with Crippen molar-refractivity contribution >= 4 is 11.8 Å². The average molecular weight is 1720 g/mol. The van der Waals surface area contributed by atoms with Crippen molar-refractivity contribution in [2.75, 3.05) is 66.1 Å². The third-order valence-electron chi connectivity index (χ3n) is 21.6. The summed E-state index contributed by atoms with van der Waals surface area (Å²) in [5.74, 6) is -1.78. The van der Waals surface area contributed by atoms with Gasteiger partial charge in [-0.1, -0.05) is 0 Å². The Kier molecular flexibility index (Phi) is 34.4. The fourth-order valence-corrected chi connectivity index (χ4v) is 14.9. The molecule has 0 aromatic carbocycles. The molecule has 53 nitrogen and oxygen atoms in total. The van der Waals surface area contributed by atoms with E-state index in [1.165, 1.54) is 0 Å². The molecule has 10 rings (SSSR count). The van der Waals surface area contributed by atoms with Crippen LogP contribution in [0.3, 0.4) is 0 Å². The molecular weight excluding hydrogens is 1610 g/mol. The SMILES string of the molecule is CC(=O)N[C@H]1[C@H](O[C@H]2[C@H](O)[C@@H](NC(C)=O)C(O)O[C@@H]2CO)O[C@H](CO)[C@@H](O[C@@H]2O[C@H](CO[C@H]3O[C@H](CO[C@H]4O[C@H](CO)[C@@H](O)[C@H](O)[C@@H]4O[C@H]4O[C@H](CO)[C@@H](O)[C@H](O)[C@@H]4O)[C@@H](O)[C@H](O[C@H]4O[C@H](CO)[C@@H](O)[C@H](O)[C@@H]4O)[C@@H]3O)[C@@H](O)[C@H](O[C@H]3O[C@H](CO[C@H]4O[C@H](CO)[C@@H](O)[C@H](O)[C@@H]4O)[C@@H](O)[C@H](O)[C@@H]3O[C@H]3O[C@H](CO)[C@@H](O)[C@H](O)[C@@H]3O)[C@@H]2O)[C@@H]1O. The summed E-state index contributed by atoms with van der Waals surface area (Å²) in [5.41, 5.74) is 0. The van der Waals surface area contributed by atoms with Gasteiger partial charge in [-0.15, -0.1) is 0 Å². The highest BCUT2D eigenvalue weighted by atomic mass is 16.8. The fourth-order valence-electron chi connectivity index (χ4n) is 14.9. The van der Waals surface area contributed by atoms with Gasteiger partial charge in [0, 0.05) is 13.8 Å². The van der Waals surface area contributed by atoms with Gasteiger partial charge in [0.15, 0.2) is 62.9 Å². The van der Waals surface area contributed by atoms with Gasteiger partial charge in [-0.2, -0.15) is 0 Å². The van der Waals surface area contributed by atoms with Crippen LogP contribution in [0.4, 0.5) is 0 Å². The molecule has 1 unspecified atom stereocenters. The lowest BCUT2D eigenvalue weighted by Crippen LogP contribution is -2.70. The predicted octanol–water partition coefficient (Wildman–Crippen LogP) is -22.5. The highest BCUT2D eigenvalue weighted by Crippen LogP contribution is 2.40. The molecule has 32 N–H and O–H groups in total. The maximum absolute atomic E-state index is 13.0.